The van der Waals surface area contributed by atoms with Crippen LogP contribution in [0, 0.1) is 0 Å². The van der Waals surface area contributed by atoms with Gasteiger partial charge in [0.25, 0.3) is 0 Å². The molecule has 4 aliphatic heterocycles. The molecule has 126 valence electrons. The molecule has 1 atom stereocenters. The number of hydrogen-bond acceptors (Lipinski definition) is 7. The van der Waals surface area contributed by atoms with Gasteiger partial charge in [-0.2, -0.15) is 0 Å². The van der Waals surface area contributed by atoms with Gasteiger partial charge in [-0.3, -0.25) is 10.2 Å². The Balaban J connectivity index is 1.50. The predicted octanol–water partition coefficient (Wildman–Crippen LogP) is 2.06. The lowest BCUT2D eigenvalue weighted by atomic mass is 10.5. The first-order valence-corrected chi connectivity index (χ1v) is 13.5. The van der Waals surface area contributed by atoms with Crippen molar-refractivity contribution in [2.75, 3.05) is 60.9 Å². The first-order chi connectivity index (χ1) is 10.9. The topological polar surface area (TPSA) is 21.8 Å². The van der Waals surface area contributed by atoms with E-state index in [1.165, 1.54) is 73.8 Å². The molecule has 1 N–H and O–H groups in total. The van der Waals surface area contributed by atoms with Crippen LogP contribution < -0.4 is 5.32 Å². The number of hydrogen-bond donors (Lipinski definition) is 1. The second-order valence-electron chi connectivity index (χ2n) is 6.70. The first kappa shape index (κ1) is 15.5. The second kappa shape index (κ2) is 5.90. The van der Waals surface area contributed by atoms with Crippen molar-refractivity contribution in [2.24, 2.45) is 0 Å². The summed E-state index contributed by atoms with van der Waals surface area (Å²) in [5, 5.41) is 3.99. The summed E-state index contributed by atoms with van der Waals surface area (Å²) in [6.45, 7) is 5.15. The number of thioether (sulfide) groups is 3. The molecule has 5 fully saturated rings. The van der Waals surface area contributed by atoms with Gasteiger partial charge in [-0.1, -0.05) is 10.4 Å². The van der Waals surface area contributed by atoms with Gasteiger partial charge in [0.05, 0.1) is 16.6 Å². The molecule has 0 amide bonds. The first-order valence-electron chi connectivity index (χ1n) is 8.45. The van der Waals surface area contributed by atoms with Crippen molar-refractivity contribution in [1.82, 2.24) is 18.8 Å². The van der Waals surface area contributed by atoms with Crippen LogP contribution in [-0.2, 0) is 0 Å². The van der Waals surface area contributed by atoms with Gasteiger partial charge in [0, 0.05) is 49.2 Å². The van der Waals surface area contributed by atoms with Crippen molar-refractivity contribution >= 4 is 45.7 Å². The van der Waals surface area contributed by atoms with E-state index >= 15 is 0 Å². The van der Waals surface area contributed by atoms with Crippen LogP contribution in [0.1, 0.15) is 12.8 Å². The Morgan fingerprint density at radius 3 is 2.27 bits per heavy atom. The van der Waals surface area contributed by atoms with E-state index in [4.69, 9.17) is 0 Å². The maximum absolute atomic E-state index is 3.99. The fourth-order valence-corrected chi connectivity index (χ4v) is 13.6. The van der Waals surface area contributed by atoms with Crippen LogP contribution in [0.15, 0.2) is 0 Å². The third-order valence-corrected chi connectivity index (χ3v) is 13.8. The molecule has 0 aromatic carbocycles. The molecule has 0 bridgehead atoms. The molecular formula is C14H26N4S4. The molecule has 1 unspecified atom stereocenters. The van der Waals surface area contributed by atoms with Crippen LogP contribution in [0.25, 0.3) is 0 Å². The third-order valence-electron chi connectivity index (χ3n) is 5.60. The molecule has 0 aromatic heterocycles. The highest BCUT2D eigenvalue weighted by molar-refractivity contribution is 8.31. The lowest BCUT2D eigenvalue weighted by Gasteiger charge is -2.56. The Labute approximate surface area is 148 Å². The molecule has 5 rings (SSSR count). The SMILES string of the molecule is C1CS(N2CCSC2)(N2CCSC2)C(N2CCSC23CC3)N1. The largest absolute Gasteiger partial charge is 0.292 e. The summed E-state index contributed by atoms with van der Waals surface area (Å²) in [4.78, 5) is 3.44. The van der Waals surface area contributed by atoms with E-state index in [0.717, 1.165) is 0 Å². The van der Waals surface area contributed by atoms with E-state index in [9.17, 15) is 0 Å². The maximum atomic E-state index is 3.99. The van der Waals surface area contributed by atoms with Gasteiger partial charge in [-0.25, -0.2) is 8.61 Å². The smallest absolute Gasteiger partial charge is 0.117 e. The number of nitrogens with one attached hydrogen (secondary N) is 1. The lowest BCUT2D eigenvalue weighted by molar-refractivity contribution is 0.223. The third kappa shape index (κ3) is 2.25. The standard InChI is InChI=1S/C14H26N4S4/c1-2-14(1)18(6-9-21-14)13-15-3-10-22(13,16-4-7-19-11-16)17-5-8-20-12-17/h13,15H,1-12H2. The Morgan fingerprint density at radius 2 is 1.68 bits per heavy atom. The van der Waals surface area contributed by atoms with E-state index in [1.54, 1.807) is 0 Å². The molecule has 4 saturated heterocycles. The van der Waals surface area contributed by atoms with E-state index in [-0.39, 0.29) is 0 Å². The van der Waals surface area contributed by atoms with Gasteiger partial charge in [-0.15, -0.1) is 35.3 Å². The summed E-state index contributed by atoms with van der Waals surface area (Å²) in [5.41, 5.74) is 0.627. The number of nitrogens with zero attached hydrogens (tertiary/aromatic N) is 3. The predicted molar refractivity (Wildman–Crippen MR) is 103 cm³/mol. The van der Waals surface area contributed by atoms with Gasteiger partial charge >= 0.3 is 0 Å². The molecule has 0 aromatic rings. The Hall–Kier alpha value is 1.24. The molecule has 1 aliphatic carbocycles. The van der Waals surface area contributed by atoms with Crippen molar-refractivity contribution < 1.29 is 0 Å². The highest BCUT2D eigenvalue weighted by Gasteiger charge is 2.60. The van der Waals surface area contributed by atoms with Gasteiger partial charge in [0.2, 0.25) is 0 Å². The fourth-order valence-electron chi connectivity index (χ4n) is 4.38. The average molecular weight is 379 g/mol. The lowest BCUT2D eigenvalue weighted by Crippen LogP contribution is -2.54. The zero-order valence-electron chi connectivity index (χ0n) is 13.0. The summed E-state index contributed by atoms with van der Waals surface area (Å²) in [6, 6.07) is 0. The molecule has 22 heavy (non-hydrogen) atoms. The Kier molecular flexibility index (Phi) is 4.15. The summed E-state index contributed by atoms with van der Waals surface area (Å²) in [7, 11) is -0.847. The fraction of sp³-hybridized carbons (Fsp3) is 1.00. The van der Waals surface area contributed by atoms with E-state index in [0.29, 0.717) is 10.4 Å². The van der Waals surface area contributed by atoms with E-state index in [2.05, 4.69) is 54.1 Å². The molecule has 5 aliphatic rings. The molecule has 1 spiro atoms. The summed E-state index contributed by atoms with van der Waals surface area (Å²) in [6.07, 6.45) is 2.85. The van der Waals surface area contributed by atoms with Crippen LogP contribution in [0.2, 0.25) is 0 Å². The van der Waals surface area contributed by atoms with Gasteiger partial charge in [0.1, 0.15) is 5.50 Å². The maximum Gasteiger partial charge on any atom is 0.117 e. The quantitative estimate of drug-likeness (QED) is 0.801. The van der Waals surface area contributed by atoms with Crippen molar-refractivity contribution in [3.05, 3.63) is 0 Å². The highest BCUT2D eigenvalue weighted by Crippen LogP contribution is 2.67. The van der Waals surface area contributed by atoms with E-state index in [1.807, 2.05) is 0 Å². The van der Waals surface area contributed by atoms with Gasteiger partial charge in [0.15, 0.2) is 0 Å². The van der Waals surface area contributed by atoms with Crippen LogP contribution in [0.3, 0.4) is 0 Å². The molecular weight excluding hydrogens is 352 g/mol. The molecule has 1 saturated carbocycles. The normalized spacial score (nSPS) is 39.9. The minimum atomic E-state index is -0.847. The second-order valence-corrected chi connectivity index (χ2v) is 13.6. The molecule has 4 heterocycles. The van der Waals surface area contributed by atoms with Crippen molar-refractivity contribution in [2.45, 2.75) is 23.2 Å². The monoisotopic (exact) mass is 378 g/mol. The molecule has 0 radical (unpaired) electrons. The van der Waals surface area contributed by atoms with E-state index < -0.39 is 10.4 Å². The summed E-state index contributed by atoms with van der Waals surface area (Å²) < 4.78 is 5.82. The van der Waals surface area contributed by atoms with Crippen LogP contribution in [-0.4, -0.2) is 84.8 Å². The van der Waals surface area contributed by atoms with Gasteiger partial charge < -0.3 is 0 Å². The minimum absolute atomic E-state index is 0.528. The highest BCUT2D eigenvalue weighted by atomic mass is 32.3. The zero-order chi connectivity index (χ0) is 14.6. The minimum Gasteiger partial charge on any atom is -0.292 e. The van der Waals surface area contributed by atoms with Crippen molar-refractivity contribution in [1.29, 1.82) is 0 Å². The molecule has 8 heteroatoms. The zero-order valence-corrected chi connectivity index (χ0v) is 16.3. The Morgan fingerprint density at radius 1 is 0.955 bits per heavy atom. The average Bonchev–Trinajstić information content (AvgIpc) is 3.07. The Bertz CT molecular complexity index is 419. The number of rotatable bonds is 3. The summed E-state index contributed by atoms with van der Waals surface area (Å²) in [5.74, 6) is 7.93. The van der Waals surface area contributed by atoms with Gasteiger partial charge in [-0.05, 0) is 12.8 Å². The molecule has 4 nitrogen and oxygen atoms in total. The van der Waals surface area contributed by atoms with Crippen molar-refractivity contribution in [3.63, 3.8) is 0 Å². The van der Waals surface area contributed by atoms with Crippen LogP contribution in [0.5, 0.6) is 0 Å². The van der Waals surface area contributed by atoms with Crippen LogP contribution in [0.4, 0.5) is 0 Å². The summed E-state index contributed by atoms with van der Waals surface area (Å²) >= 11 is 6.54. The van der Waals surface area contributed by atoms with Crippen LogP contribution >= 0.6 is 45.7 Å². The van der Waals surface area contributed by atoms with Crippen molar-refractivity contribution in [3.8, 4) is 0 Å².